The van der Waals surface area contributed by atoms with E-state index in [4.69, 9.17) is 4.74 Å². The maximum atomic E-state index is 5.98. The van der Waals surface area contributed by atoms with Gasteiger partial charge in [-0.05, 0) is 0 Å². The molecule has 1 aliphatic carbocycles. The summed E-state index contributed by atoms with van der Waals surface area (Å²) in [5.74, 6) is 0. The molecule has 2 radical (unpaired) electrons. The van der Waals surface area contributed by atoms with Crippen molar-refractivity contribution in [3.05, 3.63) is 42.9 Å². The van der Waals surface area contributed by atoms with Crippen molar-refractivity contribution < 1.29 is 4.74 Å². The Morgan fingerprint density at radius 2 is 1.92 bits per heavy atom. The van der Waals surface area contributed by atoms with E-state index in [1.807, 2.05) is 30.6 Å². The minimum absolute atomic E-state index is 0.263. The number of aromatic nitrogens is 4. The van der Waals surface area contributed by atoms with E-state index in [2.05, 4.69) is 26.0 Å². The molecule has 0 aromatic carbocycles. The van der Waals surface area contributed by atoms with Crippen LogP contribution in [-0.4, -0.2) is 47.2 Å². The Bertz CT molecular complexity index is 821. The van der Waals surface area contributed by atoms with Gasteiger partial charge in [0.2, 0.25) is 0 Å². The summed E-state index contributed by atoms with van der Waals surface area (Å²) in [4.78, 5) is 19.0. The van der Waals surface area contributed by atoms with Gasteiger partial charge in [0.05, 0.1) is 0 Å². The Morgan fingerprint density at radius 3 is 2.76 bits per heavy atom. The molecule has 3 aromatic rings. The van der Waals surface area contributed by atoms with Gasteiger partial charge >= 0.3 is 162 Å². The van der Waals surface area contributed by atoms with Crippen molar-refractivity contribution in [2.75, 3.05) is 0 Å². The van der Waals surface area contributed by atoms with E-state index in [1.54, 1.807) is 17.5 Å². The monoisotopic (exact) mass is 458 g/mol. The van der Waals surface area contributed by atoms with E-state index in [0.29, 0.717) is 6.01 Å². The molecule has 1 saturated carbocycles. The molecular weight excluding hydrogens is 439 g/mol. The molecule has 0 spiro atoms. The number of pyridine rings is 1. The van der Waals surface area contributed by atoms with E-state index in [9.17, 15) is 0 Å². The fraction of sp³-hybridized carbons (Fsp3) is 0.333. The minimum atomic E-state index is -0.933. The summed E-state index contributed by atoms with van der Waals surface area (Å²) in [5, 5.41) is 0. The van der Waals surface area contributed by atoms with Crippen LogP contribution in [0.25, 0.3) is 10.6 Å². The first-order valence-corrected chi connectivity index (χ1v) is 12.2. The average molecular weight is 457 g/mol. The molecule has 25 heavy (non-hydrogen) atoms. The third kappa shape index (κ3) is 4.55. The van der Waals surface area contributed by atoms with Gasteiger partial charge in [0.25, 0.3) is 0 Å². The van der Waals surface area contributed by atoms with Gasteiger partial charge in [0, 0.05) is 0 Å². The van der Waals surface area contributed by atoms with Crippen LogP contribution in [0.3, 0.4) is 0 Å². The summed E-state index contributed by atoms with van der Waals surface area (Å²) in [6, 6.07) is 8.50. The van der Waals surface area contributed by atoms with Gasteiger partial charge in [-0.25, -0.2) is 0 Å². The Kier molecular flexibility index (Phi) is 5.56. The molecule has 0 bridgehead atoms. The Hall–Kier alpha value is -1.54. The van der Waals surface area contributed by atoms with Crippen molar-refractivity contribution in [3.8, 4) is 16.6 Å². The second-order valence-electron chi connectivity index (χ2n) is 5.97. The standard InChI is InChI=1S/C13H14N3OS.C5H4N.Sn/c1-2-4-10(5-3-1)17-13-15-7-6-11(16-13)12-8-14-9-18-12;1-2-4-6-5-3-1;/h6-8,10H,1-5H2;1-4H;. The van der Waals surface area contributed by atoms with Crippen LogP contribution in [0.15, 0.2) is 42.9 Å². The zero-order valence-corrected chi connectivity index (χ0v) is 17.4. The van der Waals surface area contributed by atoms with Gasteiger partial charge in [-0.1, -0.05) is 0 Å². The molecule has 5 nitrogen and oxygen atoms in total. The number of nitrogens with zero attached hydrogens (tertiary/aromatic N) is 4. The molecule has 0 amide bonds. The Morgan fingerprint density at radius 1 is 1.00 bits per heavy atom. The molecule has 1 fully saturated rings. The fourth-order valence-electron chi connectivity index (χ4n) is 2.86. The number of ether oxygens (including phenoxy) is 1. The predicted octanol–water partition coefficient (Wildman–Crippen LogP) is 2.36. The molecule has 0 N–H and O–H groups in total. The molecule has 4 rings (SSSR count). The molecule has 7 heteroatoms. The van der Waals surface area contributed by atoms with Crippen LogP contribution in [0.5, 0.6) is 6.01 Å². The molecule has 0 atom stereocenters. The number of rotatable bonds is 5. The normalized spacial score (nSPS) is 15.2. The molecular formula is C18H18N4OSSn. The van der Waals surface area contributed by atoms with E-state index < -0.39 is 21.1 Å². The van der Waals surface area contributed by atoms with Crippen LogP contribution in [0.4, 0.5) is 0 Å². The Balaban J connectivity index is 1.47. The van der Waals surface area contributed by atoms with Gasteiger partial charge in [0.1, 0.15) is 0 Å². The second-order valence-corrected chi connectivity index (χ2v) is 11.6. The number of hydrogen-bond acceptors (Lipinski definition) is 6. The first kappa shape index (κ1) is 16.9. The number of hydrogen-bond donors (Lipinski definition) is 0. The second kappa shape index (κ2) is 8.23. The molecule has 3 aromatic heterocycles. The van der Waals surface area contributed by atoms with Crippen LogP contribution < -0.4 is 11.5 Å². The molecule has 3 heterocycles. The van der Waals surface area contributed by atoms with Crippen molar-refractivity contribution in [1.29, 1.82) is 0 Å². The van der Waals surface area contributed by atoms with Crippen LogP contribution in [-0.2, 0) is 0 Å². The maximum absolute atomic E-state index is 5.98. The van der Waals surface area contributed by atoms with Crippen LogP contribution >= 0.6 is 11.3 Å². The van der Waals surface area contributed by atoms with E-state index in [-0.39, 0.29) is 6.10 Å². The first-order valence-electron chi connectivity index (χ1n) is 8.51. The Labute approximate surface area is 161 Å². The predicted molar refractivity (Wildman–Crippen MR) is 99.9 cm³/mol. The van der Waals surface area contributed by atoms with Gasteiger partial charge < -0.3 is 0 Å². The summed E-state index contributed by atoms with van der Waals surface area (Å²) in [5.41, 5.74) is 0.893. The van der Waals surface area contributed by atoms with Crippen LogP contribution in [0.2, 0.25) is 0 Å². The van der Waals surface area contributed by atoms with Gasteiger partial charge in [-0.2, -0.15) is 0 Å². The van der Waals surface area contributed by atoms with Gasteiger partial charge in [-0.3, -0.25) is 0 Å². The van der Waals surface area contributed by atoms with Crippen molar-refractivity contribution in [2.45, 2.75) is 38.2 Å². The van der Waals surface area contributed by atoms with Crippen LogP contribution in [0, 0.1) is 0 Å². The van der Waals surface area contributed by atoms with Crippen LogP contribution in [0.1, 0.15) is 32.1 Å². The SMILES string of the molecule is c1cc[c]([Sn][c]2ncc(-c3ccnc(OC4CCCCC4)n3)s2)nc1. The average Bonchev–Trinajstić information content (AvgIpc) is 3.12. The first-order chi connectivity index (χ1) is 12.4. The molecule has 126 valence electrons. The quantitative estimate of drug-likeness (QED) is 0.551. The summed E-state index contributed by atoms with van der Waals surface area (Å²) >= 11 is 0.781. The molecule has 0 aliphatic heterocycles. The van der Waals surface area contributed by atoms with E-state index >= 15 is 0 Å². The summed E-state index contributed by atoms with van der Waals surface area (Å²) in [7, 11) is 0. The fourth-order valence-corrected chi connectivity index (χ4v) is 7.54. The topological polar surface area (TPSA) is 60.8 Å². The van der Waals surface area contributed by atoms with E-state index in [0.717, 1.165) is 23.4 Å². The van der Waals surface area contributed by atoms with Gasteiger partial charge in [-0.15, -0.1) is 0 Å². The summed E-state index contributed by atoms with van der Waals surface area (Å²) < 4.78 is 8.37. The third-order valence-corrected chi connectivity index (χ3v) is 9.06. The molecule has 1 aliphatic rings. The number of thiazole rings is 1. The van der Waals surface area contributed by atoms with Gasteiger partial charge in [0.15, 0.2) is 0 Å². The van der Waals surface area contributed by atoms with Crippen molar-refractivity contribution in [3.63, 3.8) is 0 Å². The third-order valence-electron chi connectivity index (χ3n) is 4.12. The van der Waals surface area contributed by atoms with Crippen molar-refractivity contribution >= 4 is 39.2 Å². The molecule has 0 unspecified atom stereocenters. The summed E-state index contributed by atoms with van der Waals surface area (Å²) in [6.45, 7) is 0. The zero-order chi connectivity index (χ0) is 16.9. The molecule has 0 saturated heterocycles. The summed E-state index contributed by atoms with van der Waals surface area (Å²) in [6.07, 6.45) is 11.8. The van der Waals surface area contributed by atoms with Crippen molar-refractivity contribution in [2.24, 2.45) is 0 Å². The van der Waals surface area contributed by atoms with E-state index in [1.165, 1.54) is 26.0 Å². The van der Waals surface area contributed by atoms with Crippen molar-refractivity contribution in [1.82, 2.24) is 19.9 Å². The zero-order valence-electron chi connectivity index (χ0n) is 13.8.